The minimum absolute atomic E-state index is 0.0192. The van der Waals surface area contributed by atoms with Gasteiger partial charge in [-0.3, -0.25) is 0 Å². The maximum absolute atomic E-state index is 3.51. The molecule has 6 aromatic carbocycles. The molecule has 298 valence electrons. The largest absolute Gasteiger partial charge is 0.129 e. The van der Waals surface area contributed by atoms with Crippen LogP contribution in [0.2, 0.25) is 58.9 Å². The average molecular weight is 843 g/mol. The van der Waals surface area contributed by atoms with Crippen LogP contribution in [0.4, 0.5) is 0 Å². The van der Waals surface area contributed by atoms with E-state index in [1.54, 1.807) is 0 Å². The molecule has 0 N–H and O–H groups in total. The maximum Gasteiger partial charge on any atom is 0.129 e. The molecule has 0 aliphatic heterocycles. The Labute approximate surface area is 373 Å². The number of hydrogen-bond donors (Lipinski definition) is 0. The molecule has 0 radical (unpaired) electrons. The van der Waals surface area contributed by atoms with Gasteiger partial charge in [-0.2, -0.15) is 0 Å². The lowest BCUT2D eigenvalue weighted by Crippen LogP contribution is -2.27. The highest BCUT2D eigenvalue weighted by Gasteiger charge is 2.41. The summed E-state index contributed by atoms with van der Waals surface area (Å²) in [4.78, 5) is 0. The maximum atomic E-state index is 3.51. The van der Waals surface area contributed by atoms with Crippen molar-refractivity contribution in [2.24, 2.45) is 0 Å². The first-order chi connectivity index (χ1) is 29.5. The van der Waals surface area contributed by atoms with Gasteiger partial charge in [-0.15, -0.1) is 16.6 Å². The van der Waals surface area contributed by atoms with Crippen LogP contribution in [0, 0.1) is 69.9 Å². The number of benzene rings is 6. The van der Waals surface area contributed by atoms with E-state index in [0.717, 1.165) is 50.1 Å². The minimum Gasteiger partial charge on any atom is -0.127 e. The van der Waals surface area contributed by atoms with E-state index in [2.05, 4.69) is 256 Å². The molecule has 0 nitrogen and oxygen atoms in total. The second-order valence-electron chi connectivity index (χ2n) is 19.4. The van der Waals surface area contributed by atoms with Gasteiger partial charge in [0.1, 0.15) is 24.2 Å². The van der Waals surface area contributed by atoms with Crippen LogP contribution < -0.4 is 0 Å². The quantitative estimate of drug-likeness (QED) is 0.105. The van der Waals surface area contributed by atoms with Gasteiger partial charge >= 0.3 is 0 Å². The van der Waals surface area contributed by atoms with Crippen LogP contribution in [-0.2, 0) is 0 Å². The molecule has 0 heterocycles. The Hall–Kier alpha value is -6.67. The first-order valence-electron chi connectivity index (χ1n) is 21.4. The Morgan fingerprint density at radius 3 is 0.742 bits per heavy atom. The predicted octanol–water partition coefficient (Wildman–Crippen LogP) is 12.6. The molecule has 0 amide bonds. The first-order valence-corrected chi connectivity index (χ1v) is 31.9. The summed E-state index contributed by atoms with van der Waals surface area (Å²) in [5, 5.41) is 0. The molecule has 2 bridgehead atoms. The van der Waals surface area contributed by atoms with Gasteiger partial charge in [0, 0.05) is 61.9 Å². The molecule has 3 aliphatic rings. The van der Waals surface area contributed by atoms with Gasteiger partial charge < -0.3 is 0 Å². The van der Waals surface area contributed by atoms with E-state index in [4.69, 9.17) is 0 Å². The van der Waals surface area contributed by atoms with Crippen LogP contribution >= 0.6 is 0 Å². The Morgan fingerprint density at radius 2 is 0.484 bits per heavy atom. The lowest BCUT2D eigenvalue weighted by Gasteiger charge is -2.42. The van der Waals surface area contributed by atoms with E-state index in [1.165, 1.54) is 33.4 Å². The normalized spacial score (nSPS) is 14.1. The van der Waals surface area contributed by atoms with Gasteiger partial charge in [0.2, 0.25) is 0 Å². The molecule has 0 aromatic heterocycles. The Morgan fingerprint density at radius 1 is 0.258 bits per heavy atom. The summed E-state index contributed by atoms with van der Waals surface area (Å²) in [6.07, 6.45) is 0. The van der Waals surface area contributed by atoms with E-state index in [9.17, 15) is 0 Å². The zero-order chi connectivity index (χ0) is 43.6. The summed E-state index contributed by atoms with van der Waals surface area (Å²) < 4.78 is 0. The second kappa shape index (κ2) is 17.0. The van der Waals surface area contributed by atoms with E-state index < -0.39 is 24.2 Å². The molecule has 0 saturated carbocycles. The van der Waals surface area contributed by atoms with Crippen LogP contribution in [0.15, 0.2) is 127 Å². The molecule has 9 rings (SSSR count). The summed E-state index contributed by atoms with van der Waals surface area (Å²) in [5.74, 6) is 31.2. The SMILES string of the molecule is C[Si](C)(C)C#Cc1cccc(C#Cc2ccc3c(c2)C2c4cc(C#Cc5cccc(C#C[Si](C)(C)C)c5)ccc4C3c3ccc(C#Cc4cccc(C#C[Si](C)(C)C)c4)cc32)c1. The van der Waals surface area contributed by atoms with Gasteiger partial charge in [-0.25, -0.2) is 0 Å². The fourth-order valence-electron chi connectivity index (χ4n) is 7.74. The number of hydrogen-bond acceptors (Lipinski definition) is 0. The third-order valence-corrected chi connectivity index (χ3v) is 13.1. The zero-order valence-electron chi connectivity index (χ0n) is 37.3. The van der Waals surface area contributed by atoms with Crippen molar-refractivity contribution in [2.75, 3.05) is 0 Å². The molecule has 0 atom stereocenters. The van der Waals surface area contributed by atoms with Gasteiger partial charge in [0.15, 0.2) is 0 Å². The van der Waals surface area contributed by atoms with Crippen molar-refractivity contribution in [1.82, 2.24) is 0 Å². The molecule has 0 unspecified atom stereocenters. The second-order valence-corrected chi connectivity index (χ2v) is 33.6. The Balaban J connectivity index is 1.18. The third-order valence-electron chi connectivity index (χ3n) is 10.5. The molecule has 0 spiro atoms. The van der Waals surface area contributed by atoms with Crippen molar-refractivity contribution >= 4 is 24.2 Å². The van der Waals surface area contributed by atoms with Crippen LogP contribution in [0.1, 0.15) is 95.3 Å². The highest BCUT2D eigenvalue weighted by molar-refractivity contribution is 6.84. The van der Waals surface area contributed by atoms with Gasteiger partial charge in [0.25, 0.3) is 0 Å². The van der Waals surface area contributed by atoms with Crippen molar-refractivity contribution in [2.45, 2.75) is 70.8 Å². The Kier molecular flexibility index (Phi) is 11.5. The minimum atomic E-state index is -1.49. The molecule has 6 aromatic rings. The molecular formula is C59H50Si3. The summed E-state index contributed by atoms with van der Waals surface area (Å²) in [5.41, 5.74) is 27.3. The molecule has 3 heteroatoms. The van der Waals surface area contributed by atoms with Crippen molar-refractivity contribution in [1.29, 1.82) is 0 Å². The molecule has 0 saturated heterocycles. The van der Waals surface area contributed by atoms with E-state index in [0.29, 0.717) is 0 Å². The predicted molar refractivity (Wildman–Crippen MR) is 269 cm³/mol. The van der Waals surface area contributed by atoms with Crippen molar-refractivity contribution in [3.63, 3.8) is 0 Å². The molecular weight excluding hydrogens is 793 g/mol. The van der Waals surface area contributed by atoms with Crippen molar-refractivity contribution in [3.8, 4) is 69.9 Å². The Bertz CT molecular complexity index is 2830. The smallest absolute Gasteiger partial charge is 0.127 e. The van der Waals surface area contributed by atoms with Crippen LogP contribution in [0.5, 0.6) is 0 Å². The highest BCUT2D eigenvalue weighted by atomic mass is 28.3. The molecule has 0 fully saturated rings. The van der Waals surface area contributed by atoms with E-state index in [-0.39, 0.29) is 11.8 Å². The lowest BCUT2D eigenvalue weighted by molar-refractivity contribution is 0.753. The van der Waals surface area contributed by atoms with Crippen molar-refractivity contribution < 1.29 is 0 Å². The van der Waals surface area contributed by atoms with Gasteiger partial charge in [-0.05, 0) is 124 Å². The van der Waals surface area contributed by atoms with Crippen LogP contribution in [0.3, 0.4) is 0 Å². The number of rotatable bonds is 0. The molecule has 3 aliphatic carbocycles. The molecule has 62 heavy (non-hydrogen) atoms. The third kappa shape index (κ3) is 10.3. The summed E-state index contributed by atoms with van der Waals surface area (Å²) in [6.45, 7) is 20.4. The van der Waals surface area contributed by atoms with Crippen molar-refractivity contribution in [3.05, 3.63) is 211 Å². The fourth-order valence-corrected chi connectivity index (χ4v) is 9.30. The van der Waals surface area contributed by atoms with E-state index in [1.807, 2.05) is 0 Å². The fraction of sp³-hybridized carbons (Fsp3) is 0.186. The highest BCUT2D eigenvalue weighted by Crippen LogP contribution is 2.56. The summed E-state index contributed by atoms with van der Waals surface area (Å²) >= 11 is 0. The summed E-state index contributed by atoms with van der Waals surface area (Å²) in [6, 6.07) is 45.3. The monoisotopic (exact) mass is 842 g/mol. The first kappa shape index (κ1) is 42.0. The topological polar surface area (TPSA) is 0 Å². The van der Waals surface area contributed by atoms with Gasteiger partial charge in [-0.1, -0.05) is 149 Å². The lowest BCUT2D eigenvalue weighted by atomic mass is 9.60. The van der Waals surface area contributed by atoms with Gasteiger partial charge in [0.05, 0.1) is 0 Å². The standard InChI is InChI=1S/C59H50Si3/c1-60(2,3)34-31-46-16-10-13-43(37-46)19-22-49-25-28-52-55(40-49)59-56-41-50(23-20-44-14-11-17-47(38-44)32-35-61(4,5)6)26-29-53(56)58(52)54-30-27-51(42-57(54)59)24-21-45-15-12-18-48(39-45)33-36-62(7,8)9/h10-18,25-30,37-42,58-59H,1-9H3. The zero-order valence-corrected chi connectivity index (χ0v) is 40.3. The van der Waals surface area contributed by atoms with Crippen LogP contribution in [-0.4, -0.2) is 24.2 Å². The average Bonchev–Trinajstić information content (AvgIpc) is 3.24. The summed E-state index contributed by atoms with van der Waals surface area (Å²) in [7, 11) is -4.46. The van der Waals surface area contributed by atoms with E-state index >= 15 is 0 Å². The van der Waals surface area contributed by atoms with Crippen LogP contribution in [0.25, 0.3) is 0 Å².